The molecule has 0 amide bonds. The summed E-state index contributed by atoms with van der Waals surface area (Å²) in [6.45, 7) is 0.313. The Balaban J connectivity index is 2.07. The first kappa shape index (κ1) is 10.8. The maximum atomic E-state index is 10.5. The van der Waals surface area contributed by atoms with E-state index in [0.29, 0.717) is 22.9 Å². The highest BCUT2D eigenvalue weighted by Crippen LogP contribution is 2.25. The highest BCUT2D eigenvalue weighted by Gasteiger charge is 2.04. The van der Waals surface area contributed by atoms with Gasteiger partial charge in [-0.1, -0.05) is 11.6 Å². The van der Waals surface area contributed by atoms with Crippen molar-refractivity contribution < 1.29 is 13.9 Å². The Morgan fingerprint density at radius 1 is 1.38 bits per heavy atom. The van der Waals surface area contributed by atoms with Crippen LogP contribution in [-0.4, -0.2) is 6.29 Å². The van der Waals surface area contributed by atoms with E-state index in [2.05, 4.69) is 0 Å². The van der Waals surface area contributed by atoms with Crippen LogP contribution in [0.25, 0.3) is 0 Å². The second kappa shape index (κ2) is 4.86. The average molecular weight is 237 g/mol. The summed E-state index contributed by atoms with van der Waals surface area (Å²) in [6, 6.07) is 8.47. The molecule has 0 aliphatic heterocycles. The number of hydrogen-bond donors (Lipinski definition) is 0. The van der Waals surface area contributed by atoms with Crippen molar-refractivity contribution in [1.82, 2.24) is 0 Å². The summed E-state index contributed by atoms with van der Waals surface area (Å²) >= 11 is 5.93. The predicted octanol–water partition coefficient (Wildman–Crippen LogP) is 3.32. The van der Waals surface area contributed by atoms with E-state index in [1.165, 1.54) is 0 Å². The lowest BCUT2D eigenvalue weighted by Gasteiger charge is -2.06. The van der Waals surface area contributed by atoms with Crippen LogP contribution in [0.2, 0.25) is 5.02 Å². The number of benzene rings is 1. The van der Waals surface area contributed by atoms with Crippen LogP contribution in [0.15, 0.2) is 41.0 Å². The highest BCUT2D eigenvalue weighted by atomic mass is 35.5. The average Bonchev–Trinajstić information content (AvgIpc) is 2.80. The van der Waals surface area contributed by atoms with Gasteiger partial charge in [-0.05, 0) is 30.3 Å². The molecular weight excluding hydrogens is 228 g/mol. The van der Waals surface area contributed by atoms with Gasteiger partial charge >= 0.3 is 0 Å². The summed E-state index contributed by atoms with van der Waals surface area (Å²) in [5.41, 5.74) is 0.523. The summed E-state index contributed by atoms with van der Waals surface area (Å²) in [7, 11) is 0. The summed E-state index contributed by atoms with van der Waals surface area (Å²) in [4.78, 5) is 10.5. The lowest BCUT2D eigenvalue weighted by atomic mass is 10.2. The van der Waals surface area contributed by atoms with E-state index in [1.54, 1.807) is 30.5 Å². The number of aldehydes is 1. The van der Waals surface area contributed by atoms with Gasteiger partial charge in [0.05, 0.1) is 11.3 Å². The first-order valence-corrected chi connectivity index (χ1v) is 5.07. The zero-order valence-corrected chi connectivity index (χ0v) is 9.11. The van der Waals surface area contributed by atoms with Crippen molar-refractivity contribution in [2.24, 2.45) is 0 Å². The summed E-state index contributed by atoms with van der Waals surface area (Å²) in [5, 5.41) is 0.413. The number of furan rings is 1. The van der Waals surface area contributed by atoms with Crippen molar-refractivity contribution in [2.75, 3.05) is 0 Å². The van der Waals surface area contributed by atoms with Gasteiger partial charge < -0.3 is 9.15 Å². The van der Waals surface area contributed by atoms with E-state index in [0.717, 1.165) is 12.0 Å². The molecule has 0 bridgehead atoms. The third kappa shape index (κ3) is 2.44. The SMILES string of the molecule is O=Cc1ccc(OCc2ccco2)c(Cl)c1. The van der Waals surface area contributed by atoms with E-state index < -0.39 is 0 Å². The lowest BCUT2D eigenvalue weighted by Crippen LogP contribution is -1.94. The van der Waals surface area contributed by atoms with E-state index in [-0.39, 0.29) is 0 Å². The van der Waals surface area contributed by atoms with Crippen molar-refractivity contribution in [3.63, 3.8) is 0 Å². The van der Waals surface area contributed by atoms with E-state index >= 15 is 0 Å². The van der Waals surface area contributed by atoms with Crippen molar-refractivity contribution in [2.45, 2.75) is 6.61 Å². The maximum absolute atomic E-state index is 10.5. The zero-order chi connectivity index (χ0) is 11.4. The molecule has 1 heterocycles. The van der Waals surface area contributed by atoms with Gasteiger partial charge in [-0.25, -0.2) is 0 Å². The molecule has 3 nitrogen and oxygen atoms in total. The summed E-state index contributed by atoms with van der Waals surface area (Å²) in [6.07, 6.45) is 2.32. The Hall–Kier alpha value is -1.74. The van der Waals surface area contributed by atoms with Gasteiger partial charge in [0.15, 0.2) is 0 Å². The number of halogens is 1. The monoisotopic (exact) mass is 236 g/mol. The van der Waals surface area contributed by atoms with Crippen LogP contribution in [0, 0.1) is 0 Å². The Bertz CT molecular complexity index is 477. The van der Waals surface area contributed by atoms with Gasteiger partial charge in [-0.3, -0.25) is 4.79 Å². The molecular formula is C12H9ClO3. The van der Waals surface area contributed by atoms with Gasteiger partial charge in [-0.2, -0.15) is 0 Å². The second-order valence-electron chi connectivity index (χ2n) is 3.18. The number of rotatable bonds is 4. The largest absolute Gasteiger partial charge is 0.484 e. The number of carbonyl (C=O) groups excluding carboxylic acids is 1. The molecule has 1 aromatic heterocycles. The summed E-state index contributed by atoms with van der Waals surface area (Å²) < 4.78 is 10.6. The number of hydrogen-bond acceptors (Lipinski definition) is 3. The first-order valence-electron chi connectivity index (χ1n) is 4.69. The van der Waals surface area contributed by atoms with Gasteiger partial charge in [0.25, 0.3) is 0 Å². The fourth-order valence-corrected chi connectivity index (χ4v) is 1.49. The topological polar surface area (TPSA) is 39.4 Å². The normalized spacial score (nSPS) is 10.1. The summed E-state index contributed by atoms with van der Waals surface area (Å²) in [5.74, 6) is 1.25. The minimum absolute atomic E-state index is 0.313. The molecule has 0 aliphatic carbocycles. The molecule has 2 rings (SSSR count). The van der Waals surface area contributed by atoms with Gasteiger partial charge in [0, 0.05) is 5.56 Å². The van der Waals surface area contributed by atoms with Crippen molar-refractivity contribution in [3.05, 3.63) is 52.9 Å². The van der Waals surface area contributed by atoms with Crippen LogP contribution >= 0.6 is 11.6 Å². The third-order valence-corrected chi connectivity index (χ3v) is 2.34. The van der Waals surface area contributed by atoms with Crippen LogP contribution in [0.1, 0.15) is 16.1 Å². The maximum Gasteiger partial charge on any atom is 0.150 e. The smallest absolute Gasteiger partial charge is 0.150 e. The van der Waals surface area contributed by atoms with Crippen LogP contribution < -0.4 is 4.74 Å². The standard InChI is InChI=1S/C12H9ClO3/c13-11-6-9(7-14)3-4-12(11)16-8-10-2-1-5-15-10/h1-7H,8H2. The Morgan fingerprint density at radius 3 is 2.88 bits per heavy atom. The van der Waals surface area contributed by atoms with Crippen LogP contribution in [0.3, 0.4) is 0 Å². The van der Waals surface area contributed by atoms with E-state index in [1.807, 2.05) is 6.07 Å². The second-order valence-corrected chi connectivity index (χ2v) is 3.58. The van der Waals surface area contributed by atoms with Crippen LogP contribution in [0.5, 0.6) is 5.75 Å². The van der Waals surface area contributed by atoms with Crippen molar-refractivity contribution in [1.29, 1.82) is 0 Å². The number of ether oxygens (including phenoxy) is 1. The fraction of sp³-hybridized carbons (Fsp3) is 0.0833. The van der Waals surface area contributed by atoms with Crippen LogP contribution in [0.4, 0.5) is 0 Å². The molecule has 0 N–H and O–H groups in total. The van der Waals surface area contributed by atoms with Crippen molar-refractivity contribution in [3.8, 4) is 5.75 Å². The third-order valence-electron chi connectivity index (χ3n) is 2.04. The molecule has 16 heavy (non-hydrogen) atoms. The molecule has 2 aromatic rings. The van der Waals surface area contributed by atoms with E-state index in [9.17, 15) is 4.79 Å². The molecule has 0 fully saturated rings. The molecule has 0 aliphatic rings. The molecule has 0 saturated heterocycles. The fourth-order valence-electron chi connectivity index (χ4n) is 1.25. The molecule has 0 spiro atoms. The minimum atomic E-state index is 0.313. The molecule has 1 aromatic carbocycles. The molecule has 0 saturated carbocycles. The lowest BCUT2D eigenvalue weighted by molar-refractivity contribution is 0.112. The van der Waals surface area contributed by atoms with Crippen LogP contribution in [-0.2, 0) is 6.61 Å². The Kier molecular flexibility index (Phi) is 3.27. The molecule has 0 atom stereocenters. The van der Waals surface area contributed by atoms with E-state index in [4.69, 9.17) is 20.8 Å². The number of carbonyl (C=O) groups is 1. The molecule has 4 heteroatoms. The zero-order valence-electron chi connectivity index (χ0n) is 8.35. The molecule has 0 radical (unpaired) electrons. The van der Waals surface area contributed by atoms with Crippen molar-refractivity contribution >= 4 is 17.9 Å². The van der Waals surface area contributed by atoms with Gasteiger partial charge in [0.1, 0.15) is 24.4 Å². The van der Waals surface area contributed by atoms with Gasteiger partial charge in [0.2, 0.25) is 0 Å². The molecule has 0 unspecified atom stereocenters. The van der Waals surface area contributed by atoms with Gasteiger partial charge in [-0.15, -0.1) is 0 Å². The Labute approximate surface area is 97.6 Å². The highest BCUT2D eigenvalue weighted by molar-refractivity contribution is 6.32. The Morgan fingerprint density at radius 2 is 2.25 bits per heavy atom. The predicted molar refractivity (Wildman–Crippen MR) is 59.9 cm³/mol. The quantitative estimate of drug-likeness (QED) is 0.765. The first-order chi connectivity index (χ1) is 7.79. The molecule has 82 valence electrons. The minimum Gasteiger partial charge on any atom is -0.484 e.